The summed E-state index contributed by atoms with van der Waals surface area (Å²) in [6, 6.07) is 12.0. The fraction of sp³-hybridized carbons (Fsp3) is 0.227. The maximum Gasteiger partial charge on any atom is 0.586 e. The number of hydrogen-bond acceptors (Lipinski definition) is 6. The summed E-state index contributed by atoms with van der Waals surface area (Å²) in [5, 5.41) is 14.1. The van der Waals surface area contributed by atoms with Gasteiger partial charge in [-0.05, 0) is 48.9 Å². The second kappa shape index (κ2) is 6.52. The van der Waals surface area contributed by atoms with Gasteiger partial charge >= 0.3 is 12.3 Å². The molecule has 1 N–H and O–H groups in total. The van der Waals surface area contributed by atoms with Crippen LogP contribution in [0, 0.1) is 0 Å². The summed E-state index contributed by atoms with van der Waals surface area (Å²) < 4.78 is 42.8. The Morgan fingerprint density at radius 2 is 1.94 bits per heavy atom. The van der Waals surface area contributed by atoms with Crippen molar-refractivity contribution in [3.05, 3.63) is 48.2 Å². The number of aromatic nitrogens is 3. The number of carboxylic acid groups (broad SMARTS) is 1. The molecule has 0 radical (unpaired) electrons. The first kappa shape index (κ1) is 18.8. The Bertz CT molecular complexity index is 1390. The van der Waals surface area contributed by atoms with Gasteiger partial charge in [-0.15, -0.1) is 8.78 Å². The van der Waals surface area contributed by atoms with Crippen molar-refractivity contribution in [1.82, 2.24) is 14.7 Å². The van der Waals surface area contributed by atoms with Gasteiger partial charge in [0.2, 0.25) is 5.82 Å². The Labute approximate surface area is 179 Å². The van der Waals surface area contributed by atoms with Crippen LogP contribution >= 0.6 is 0 Å². The van der Waals surface area contributed by atoms with Crippen molar-refractivity contribution in [1.29, 1.82) is 0 Å². The van der Waals surface area contributed by atoms with Crippen molar-refractivity contribution in [3.8, 4) is 34.3 Å². The van der Waals surface area contributed by atoms with Gasteiger partial charge in [0, 0.05) is 40.2 Å². The number of carboxylic acids is 1. The second-order valence-electron chi connectivity index (χ2n) is 7.83. The number of hydrogen-bond donors (Lipinski definition) is 1. The fourth-order valence-corrected chi connectivity index (χ4v) is 4.41. The molecule has 32 heavy (non-hydrogen) atoms. The predicted octanol–water partition coefficient (Wildman–Crippen LogP) is 4.64. The molecule has 8 nitrogen and oxygen atoms in total. The van der Waals surface area contributed by atoms with Gasteiger partial charge in [0.05, 0.1) is 6.42 Å². The first-order valence-corrected chi connectivity index (χ1v) is 9.96. The summed E-state index contributed by atoms with van der Waals surface area (Å²) in [5.74, 6) is -0.472. The van der Waals surface area contributed by atoms with Crippen LogP contribution in [0.5, 0.6) is 11.5 Å². The molecule has 162 valence electrons. The van der Waals surface area contributed by atoms with E-state index in [1.54, 1.807) is 0 Å². The van der Waals surface area contributed by atoms with Crippen molar-refractivity contribution in [2.24, 2.45) is 0 Å². The number of carbonyl (C=O) groups is 1. The predicted molar refractivity (Wildman–Crippen MR) is 106 cm³/mol. The number of alkyl halides is 2. The number of ether oxygens (including phenoxy) is 2. The molecule has 10 heteroatoms. The van der Waals surface area contributed by atoms with Crippen molar-refractivity contribution >= 4 is 16.9 Å². The van der Waals surface area contributed by atoms with Gasteiger partial charge in [-0.2, -0.15) is 4.98 Å². The third-order valence-electron chi connectivity index (χ3n) is 5.81. The minimum absolute atomic E-state index is 0.00138. The average Bonchev–Trinajstić information content (AvgIpc) is 3.48. The molecule has 2 aliphatic heterocycles. The summed E-state index contributed by atoms with van der Waals surface area (Å²) in [5.41, 5.74) is 3.19. The molecule has 2 aromatic heterocycles. The zero-order valence-corrected chi connectivity index (χ0v) is 16.4. The van der Waals surface area contributed by atoms with E-state index in [2.05, 4.69) is 24.2 Å². The molecule has 0 saturated carbocycles. The monoisotopic (exact) mass is 439 g/mol. The van der Waals surface area contributed by atoms with Gasteiger partial charge in [-0.3, -0.25) is 4.79 Å². The van der Waals surface area contributed by atoms with E-state index in [4.69, 9.17) is 9.63 Å². The van der Waals surface area contributed by atoms with E-state index >= 15 is 0 Å². The molecular formula is C22H15F2N3O5. The van der Waals surface area contributed by atoms with Crippen LogP contribution in [0.4, 0.5) is 8.78 Å². The zero-order chi connectivity index (χ0) is 22.0. The highest BCUT2D eigenvalue weighted by molar-refractivity contribution is 5.86. The molecule has 2 aromatic carbocycles. The smallest absolute Gasteiger partial charge is 0.481 e. The lowest BCUT2D eigenvalue weighted by atomic mass is 10.0. The number of nitrogens with zero attached hydrogens (tertiary/aromatic N) is 3. The largest absolute Gasteiger partial charge is 0.586 e. The SMILES string of the molecule is O=C(O)C[C@@H]1CCn2c1cc1cc(-c3noc(-c4ccc5c(c4)OC(F)(F)O5)n3)ccc12. The lowest BCUT2D eigenvalue weighted by Gasteiger charge is -2.04. The van der Waals surface area contributed by atoms with Gasteiger partial charge in [0.1, 0.15) is 0 Å². The van der Waals surface area contributed by atoms with Crippen molar-refractivity contribution in [2.45, 2.75) is 31.6 Å². The Morgan fingerprint density at radius 1 is 1.12 bits per heavy atom. The summed E-state index contributed by atoms with van der Waals surface area (Å²) in [7, 11) is 0. The third-order valence-corrected chi connectivity index (χ3v) is 5.81. The summed E-state index contributed by atoms with van der Waals surface area (Å²) in [6.07, 6.45) is -2.77. The number of benzene rings is 2. The molecular weight excluding hydrogens is 424 g/mol. The number of aryl methyl sites for hydroxylation is 1. The van der Waals surface area contributed by atoms with Crippen molar-refractivity contribution in [3.63, 3.8) is 0 Å². The molecule has 0 aliphatic carbocycles. The van der Waals surface area contributed by atoms with Gasteiger partial charge in [-0.25, -0.2) is 0 Å². The Balaban J connectivity index is 1.31. The molecule has 0 unspecified atom stereocenters. The van der Waals surface area contributed by atoms with Crippen LogP contribution in [0.2, 0.25) is 0 Å². The highest BCUT2D eigenvalue weighted by Gasteiger charge is 2.43. The minimum atomic E-state index is -3.70. The van der Waals surface area contributed by atoms with Crippen LogP contribution < -0.4 is 9.47 Å². The molecule has 6 rings (SSSR count). The van der Waals surface area contributed by atoms with Crippen LogP contribution in [-0.2, 0) is 11.3 Å². The van der Waals surface area contributed by atoms with Crippen LogP contribution in [0.3, 0.4) is 0 Å². The van der Waals surface area contributed by atoms with E-state index in [9.17, 15) is 13.6 Å². The summed E-state index contributed by atoms with van der Waals surface area (Å²) in [6.45, 7) is 0.783. The maximum atomic E-state index is 13.2. The molecule has 0 amide bonds. The fourth-order valence-electron chi connectivity index (χ4n) is 4.41. The summed E-state index contributed by atoms with van der Waals surface area (Å²) in [4.78, 5) is 15.5. The maximum absolute atomic E-state index is 13.2. The highest BCUT2D eigenvalue weighted by atomic mass is 19.3. The number of halogens is 2. The lowest BCUT2D eigenvalue weighted by molar-refractivity contribution is -0.286. The molecule has 2 aliphatic rings. The molecule has 4 aromatic rings. The molecule has 0 spiro atoms. The number of fused-ring (bicyclic) bond motifs is 4. The van der Waals surface area contributed by atoms with E-state index in [0.717, 1.165) is 35.1 Å². The minimum Gasteiger partial charge on any atom is -0.481 e. The lowest BCUT2D eigenvalue weighted by Crippen LogP contribution is -2.25. The molecule has 0 fully saturated rings. The van der Waals surface area contributed by atoms with Gasteiger partial charge < -0.3 is 23.7 Å². The standard InChI is InChI=1S/C22H15F2N3O5/c23-22(24)30-17-4-2-13(9-18(17)31-22)21-25-20(26-32-21)12-1-3-15-14(7-12)8-16-11(10-19(28)29)5-6-27(15)16/h1-4,7-9,11H,5-6,10H2,(H,28,29)/t11-/m0/s1. The first-order chi connectivity index (χ1) is 15.4. The Hall–Kier alpha value is -3.95. The number of aliphatic carboxylic acids is 1. The normalized spacial score (nSPS) is 18.2. The van der Waals surface area contributed by atoms with E-state index in [-0.39, 0.29) is 29.7 Å². The molecule has 0 saturated heterocycles. The first-order valence-electron chi connectivity index (χ1n) is 9.96. The van der Waals surface area contributed by atoms with Crippen molar-refractivity contribution < 1.29 is 32.7 Å². The van der Waals surface area contributed by atoms with Crippen molar-refractivity contribution in [2.75, 3.05) is 0 Å². The number of rotatable bonds is 4. The molecule has 4 heterocycles. The van der Waals surface area contributed by atoms with Crippen LogP contribution in [0.15, 0.2) is 47.0 Å². The van der Waals surface area contributed by atoms with E-state index < -0.39 is 12.3 Å². The zero-order valence-electron chi connectivity index (χ0n) is 16.4. The quantitative estimate of drug-likeness (QED) is 0.494. The van der Waals surface area contributed by atoms with E-state index in [1.165, 1.54) is 18.2 Å². The Morgan fingerprint density at radius 3 is 2.78 bits per heavy atom. The van der Waals surface area contributed by atoms with Gasteiger partial charge in [-0.1, -0.05) is 5.16 Å². The van der Waals surface area contributed by atoms with E-state index in [1.807, 2.05) is 24.3 Å². The van der Waals surface area contributed by atoms with Crippen LogP contribution in [0.25, 0.3) is 33.7 Å². The van der Waals surface area contributed by atoms with Gasteiger partial charge in [0.15, 0.2) is 11.5 Å². The topological polar surface area (TPSA) is 99.6 Å². The second-order valence-corrected chi connectivity index (χ2v) is 7.83. The Kier molecular flexibility index (Phi) is 3.83. The van der Waals surface area contributed by atoms with Crippen LogP contribution in [-0.4, -0.2) is 32.1 Å². The summed E-state index contributed by atoms with van der Waals surface area (Å²) >= 11 is 0. The molecule has 1 atom stereocenters. The molecule has 0 bridgehead atoms. The van der Waals surface area contributed by atoms with E-state index in [0.29, 0.717) is 11.4 Å². The van der Waals surface area contributed by atoms with Gasteiger partial charge in [0.25, 0.3) is 5.89 Å². The highest BCUT2D eigenvalue weighted by Crippen LogP contribution is 2.43. The third kappa shape index (κ3) is 2.98. The van der Waals surface area contributed by atoms with Crippen LogP contribution in [0.1, 0.15) is 24.5 Å². The average molecular weight is 439 g/mol.